The van der Waals surface area contributed by atoms with Crippen LogP contribution < -0.4 is 48.6 Å². The van der Waals surface area contributed by atoms with E-state index in [1.165, 1.54) is 35.7 Å². The lowest BCUT2D eigenvalue weighted by Crippen LogP contribution is -2.52. The number of nitrogens with one attached hydrogen (secondary N) is 3. The van der Waals surface area contributed by atoms with Gasteiger partial charge in [0.05, 0.1) is 39.4 Å². The first-order chi connectivity index (χ1) is 39.3. The van der Waals surface area contributed by atoms with Crippen molar-refractivity contribution < 1.29 is 68.6 Å². The quantitative estimate of drug-likeness (QED) is 0.0779. The summed E-state index contributed by atoms with van der Waals surface area (Å²) in [6, 6.07) is 16.6. The zero-order valence-electron chi connectivity index (χ0n) is 44.5. The first-order valence-electron chi connectivity index (χ1n) is 25.0. The van der Waals surface area contributed by atoms with Gasteiger partial charge in [-0.3, -0.25) is 44.0 Å². The van der Waals surface area contributed by atoms with E-state index >= 15 is 0 Å². The van der Waals surface area contributed by atoms with Gasteiger partial charge in [0.2, 0.25) is 17.8 Å². The number of nitrogen functional groups attached to an aromatic ring is 3. The van der Waals surface area contributed by atoms with Crippen molar-refractivity contribution in [3.63, 3.8) is 0 Å². The van der Waals surface area contributed by atoms with Crippen LogP contribution >= 0.6 is 35.3 Å². The van der Waals surface area contributed by atoms with Crippen molar-refractivity contribution in [2.24, 2.45) is 0 Å². The number of aliphatic hydroxyl groups excluding tert-OH is 4. The summed E-state index contributed by atoms with van der Waals surface area (Å²) in [7, 11) is 1.43. The maximum atomic E-state index is 13.0. The van der Waals surface area contributed by atoms with Gasteiger partial charge in [-0.15, -0.1) is 0 Å². The second kappa shape index (κ2) is 23.4. The van der Waals surface area contributed by atoms with Crippen LogP contribution in [0.2, 0.25) is 0 Å². The molecule has 0 spiro atoms. The minimum Gasteiger partial charge on any atom is -0.459 e. The number of methoxy groups -OCH3 is 1. The first kappa shape index (κ1) is 60.3. The third kappa shape index (κ3) is 11.1. The molecule has 29 nitrogen and oxygen atoms in total. The van der Waals surface area contributed by atoms with Crippen LogP contribution in [0.5, 0.6) is 0 Å². The highest BCUT2D eigenvalue weighted by molar-refractivity contribution is 8.04. The Morgan fingerprint density at radius 2 is 1.00 bits per heavy atom. The number of H-pyrrole nitrogens is 3. The van der Waals surface area contributed by atoms with E-state index in [-0.39, 0.29) is 69.4 Å². The molecule has 0 bridgehead atoms. The molecule has 0 unspecified atom stereocenters. The Hall–Kier alpha value is -7.31. The predicted molar refractivity (Wildman–Crippen MR) is 301 cm³/mol. The number of nitrogens with two attached hydrogens (primary N) is 3. The molecule has 3 aromatic heterocycles. The topological polar surface area (TPSA) is 436 Å². The van der Waals surface area contributed by atoms with Crippen molar-refractivity contribution in [2.75, 3.05) is 58.8 Å². The second-order valence-electron chi connectivity index (χ2n) is 19.7. The minimum atomic E-state index is -1.83. The Balaban J connectivity index is 0.000000159. The first-order valence-corrected chi connectivity index (χ1v) is 27.4. The third-order valence-electron chi connectivity index (χ3n) is 14.4. The van der Waals surface area contributed by atoms with Crippen molar-refractivity contribution >= 4 is 82.5 Å². The fourth-order valence-electron chi connectivity index (χ4n) is 9.63. The molecule has 5 aromatic rings. The Morgan fingerprint density at radius 1 is 0.614 bits per heavy atom. The number of aliphatic hydroxyl groups is 6. The average Bonchev–Trinajstić information content (AvgIpc) is 4.11. The third-order valence-corrected chi connectivity index (χ3v) is 17.4. The van der Waals surface area contributed by atoms with Crippen molar-refractivity contribution in [3.05, 3.63) is 138 Å². The summed E-state index contributed by atoms with van der Waals surface area (Å²) < 4.78 is 34.0. The van der Waals surface area contributed by atoms with Gasteiger partial charge in [0.25, 0.3) is 16.7 Å². The number of carbonyl (C=O) groups is 2. The monoisotopic (exact) mass is 1210 g/mol. The molecule has 0 amide bonds. The van der Waals surface area contributed by atoms with Gasteiger partial charge in [0, 0.05) is 7.11 Å². The largest absolute Gasteiger partial charge is 0.459 e. The zero-order chi connectivity index (χ0) is 60.2. The number of esters is 2. The summed E-state index contributed by atoms with van der Waals surface area (Å²) in [6.45, 7) is 15.0. The molecular weight excluding hydrogens is 1150 g/mol. The van der Waals surface area contributed by atoms with E-state index < -0.39 is 102 Å². The summed E-state index contributed by atoms with van der Waals surface area (Å²) in [5.41, 5.74) is 11.6. The molecule has 2 aromatic carbocycles. The molecule has 12 atom stereocenters. The van der Waals surface area contributed by atoms with E-state index in [1.807, 2.05) is 0 Å². The molecule has 6 aliphatic heterocycles. The number of ether oxygens (including phenoxy) is 6. The zero-order valence-corrected chi connectivity index (χ0v) is 47.0. The number of fused-ring (bicyclic) bond motifs is 3. The highest BCUT2D eigenvalue weighted by Crippen LogP contribution is 2.50. The van der Waals surface area contributed by atoms with E-state index in [4.69, 9.17) is 45.6 Å². The van der Waals surface area contributed by atoms with Crippen LogP contribution in [0.3, 0.4) is 0 Å². The molecule has 83 heavy (non-hydrogen) atoms. The normalized spacial score (nSPS) is 29.4. The SMILES string of the molecule is C=C1Sc2c(nc(N)[nH]c2=O)N1[C@@H]1O[C@H](CO)[C@@](C)(O)[C@H]1O.C=C1Sc2c(nc(N)[nH]c2=O)N1[C@@H]1O[C@H](CO)[C@@](C)(OC)[C@H]1O.C=C1Sc2c(nc(N)[nH]c2=O)N1[C@@H]1O[C@H](COC(=O)c2ccccc2)[C@@](C)(O)[C@H]1OC(=O)c1ccccc1. The summed E-state index contributed by atoms with van der Waals surface area (Å²) in [5.74, 6) is -0.968. The summed E-state index contributed by atoms with van der Waals surface area (Å²) in [6.07, 6.45) is -9.70. The van der Waals surface area contributed by atoms with Gasteiger partial charge in [-0.1, -0.05) is 91.4 Å². The predicted octanol–water partition coefficient (Wildman–Crippen LogP) is 0.0770. The number of carbonyl (C=O) groups excluding carboxylic acids is 2. The van der Waals surface area contributed by atoms with Crippen molar-refractivity contribution in [1.29, 1.82) is 0 Å². The Morgan fingerprint density at radius 3 is 1.40 bits per heavy atom. The molecule has 32 heteroatoms. The summed E-state index contributed by atoms with van der Waals surface area (Å²) >= 11 is 3.22. The van der Waals surface area contributed by atoms with E-state index in [0.717, 1.165) is 35.3 Å². The number of nitrogens with zero attached hydrogens (tertiary/aromatic N) is 6. The van der Waals surface area contributed by atoms with Gasteiger partial charge in [-0.2, -0.15) is 15.0 Å². The van der Waals surface area contributed by atoms with Crippen LogP contribution in [0.25, 0.3) is 0 Å². The van der Waals surface area contributed by atoms with Crippen molar-refractivity contribution in [3.8, 4) is 0 Å². The lowest BCUT2D eigenvalue weighted by atomic mass is 9.94. The van der Waals surface area contributed by atoms with Crippen molar-refractivity contribution in [2.45, 2.75) is 108 Å². The Bertz CT molecular complexity index is 3540. The van der Waals surface area contributed by atoms with Crippen LogP contribution in [-0.4, -0.2) is 172 Å². The number of rotatable bonds is 11. The lowest BCUT2D eigenvalue weighted by molar-refractivity contribution is -0.105. The maximum Gasteiger partial charge on any atom is 0.338 e. The molecule has 0 radical (unpaired) electrons. The van der Waals surface area contributed by atoms with E-state index in [9.17, 15) is 54.6 Å². The van der Waals surface area contributed by atoms with Gasteiger partial charge in [0.1, 0.15) is 68.6 Å². The highest BCUT2D eigenvalue weighted by atomic mass is 32.2. The average molecular weight is 1210 g/mol. The number of aromatic amines is 3. The summed E-state index contributed by atoms with van der Waals surface area (Å²) in [4.78, 5) is 86.8. The van der Waals surface area contributed by atoms with Gasteiger partial charge >= 0.3 is 11.9 Å². The molecular formula is C51H58N12O17S3. The molecule has 9 heterocycles. The molecule has 3 fully saturated rings. The Kier molecular flexibility index (Phi) is 17.0. The fraction of sp³-hybridized carbons (Fsp3) is 0.373. The van der Waals surface area contributed by atoms with E-state index in [1.54, 1.807) is 67.6 Å². The second-order valence-corrected chi connectivity index (χ2v) is 23.0. The van der Waals surface area contributed by atoms with Gasteiger partial charge in [0.15, 0.2) is 42.2 Å². The van der Waals surface area contributed by atoms with Crippen LogP contribution in [0.15, 0.2) is 125 Å². The van der Waals surface area contributed by atoms with E-state index in [0.29, 0.717) is 25.5 Å². The molecule has 442 valence electrons. The standard InChI is InChI=1S/C26H24N4O7S.C13H18N4O5S.C12H16N4O5S/c1-14-30(20-18(38-14)21(31)29-25(27)28-20)22-19(37-24(33)16-11-7-4-8-12-16)26(2,34)17(36-22)13-35-23(32)15-9-5-3-6-10-15;1-5-17(9-7(23-5)10(20)16-12(14)15-9)11-8(19)13(2,21-3)6(4-18)22-11;1-4-16(8-6(22-4)9(19)15-11(13)14-8)10-7(18)12(2,20)5(3-17)21-10/h3-12,17,19,22,34H,1,13H2,2H3,(H3,27,28,29,31);6,8,11,18-19H,1,4H2,2-3H3,(H3,14,15,16,20);5,7,10,17-18,20H,1,3H2,2H3,(H3,13,14,15,19)/t17-,19+,22-,26-;6-,8+,11-,13-;5-,7+,10-,12-/m111/s1. The molecule has 15 N–H and O–H groups in total. The minimum absolute atomic E-state index is 0.0465. The number of aromatic nitrogens is 6. The Labute approximate surface area is 483 Å². The van der Waals surface area contributed by atoms with Gasteiger partial charge < -0.3 is 76.3 Å². The smallest absolute Gasteiger partial charge is 0.338 e. The van der Waals surface area contributed by atoms with Gasteiger partial charge in [-0.25, -0.2) is 9.59 Å². The number of hydrogen-bond donors (Lipinski definition) is 12. The van der Waals surface area contributed by atoms with Crippen molar-refractivity contribution in [1.82, 2.24) is 29.9 Å². The maximum absolute atomic E-state index is 13.0. The van der Waals surface area contributed by atoms with Crippen LogP contribution in [-0.2, 0) is 28.4 Å². The molecule has 0 aliphatic carbocycles. The number of anilines is 6. The fourth-order valence-corrected chi connectivity index (χ4v) is 12.3. The molecule has 11 rings (SSSR count). The molecule has 0 saturated carbocycles. The van der Waals surface area contributed by atoms with Crippen LogP contribution in [0.1, 0.15) is 41.5 Å². The summed E-state index contributed by atoms with van der Waals surface area (Å²) in [5, 5.41) is 62.9. The molecule has 3 saturated heterocycles. The number of benzene rings is 2. The highest BCUT2D eigenvalue weighted by Gasteiger charge is 2.60. The molecule has 6 aliphatic rings. The lowest BCUT2D eigenvalue weighted by Gasteiger charge is -2.32. The van der Waals surface area contributed by atoms with Crippen LogP contribution in [0, 0.1) is 0 Å². The number of hydrogen-bond acceptors (Lipinski definition) is 29. The van der Waals surface area contributed by atoms with Gasteiger partial charge in [-0.05, 0) is 45.0 Å². The number of thioether (sulfide) groups is 3. The van der Waals surface area contributed by atoms with E-state index in [2.05, 4.69) is 49.6 Å². The van der Waals surface area contributed by atoms with Crippen LogP contribution in [0.4, 0.5) is 35.3 Å².